The molecule has 136 valence electrons. The summed E-state index contributed by atoms with van der Waals surface area (Å²) in [6, 6.07) is 10.8. The molecule has 0 spiro atoms. The Bertz CT molecular complexity index is 825. The van der Waals surface area contributed by atoms with Crippen LogP contribution in [0.1, 0.15) is 18.4 Å². The van der Waals surface area contributed by atoms with Gasteiger partial charge in [0.25, 0.3) is 0 Å². The highest BCUT2D eigenvalue weighted by atomic mass is 35.5. The molecular weight excluding hydrogens is 360 g/mol. The molecule has 2 aromatic rings. The minimum Gasteiger partial charge on any atom is -0.480 e. The molecule has 0 saturated carbocycles. The number of nitro groups is 1. The number of halogens is 1. The van der Waals surface area contributed by atoms with Gasteiger partial charge >= 0.3 is 11.7 Å². The lowest BCUT2D eigenvalue weighted by molar-refractivity contribution is -0.385. The van der Waals surface area contributed by atoms with Crippen LogP contribution in [0.15, 0.2) is 42.5 Å². The standard InChI is InChI=1S/C18H17ClN2O5/c19-13-5-8-17(16(10-13)21(24)25)26-14-6-3-12(4-7-14)11-20-9-1-2-15(20)18(22)23/h3-8,10,15H,1-2,9,11H2,(H,22,23)/t15-/m1/s1. The monoisotopic (exact) mass is 376 g/mol. The lowest BCUT2D eigenvalue weighted by atomic mass is 10.2. The molecule has 1 fully saturated rings. The SMILES string of the molecule is O=C(O)[C@H]1CCCN1Cc1ccc(Oc2ccc(Cl)cc2[N+](=O)[O-])cc1. The molecule has 1 heterocycles. The predicted molar refractivity (Wildman–Crippen MR) is 95.7 cm³/mol. The molecule has 3 rings (SSSR count). The van der Waals surface area contributed by atoms with Crippen LogP contribution in [-0.2, 0) is 11.3 Å². The van der Waals surface area contributed by atoms with E-state index in [2.05, 4.69) is 0 Å². The number of aliphatic carboxylic acids is 1. The average Bonchev–Trinajstić information content (AvgIpc) is 3.06. The first-order valence-electron chi connectivity index (χ1n) is 8.11. The molecule has 26 heavy (non-hydrogen) atoms. The molecule has 1 aliphatic heterocycles. The molecule has 0 amide bonds. The summed E-state index contributed by atoms with van der Waals surface area (Å²) < 4.78 is 5.60. The topological polar surface area (TPSA) is 92.9 Å². The zero-order chi connectivity index (χ0) is 18.7. The van der Waals surface area contributed by atoms with Crippen molar-refractivity contribution in [3.05, 3.63) is 63.2 Å². The summed E-state index contributed by atoms with van der Waals surface area (Å²) in [5, 5.41) is 20.6. The Morgan fingerprint density at radius 1 is 1.31 bits per heavy atom. The van der Waals surface area contributed by atoms with Gasteiger partial charge in [-0.3, -0.25) is 19.8 Å². The van der Waals surface area contributed by atoms with Gasteiger partial charge in [-0.1, -0.05) is 23.7 Å². The molecule has 7 nitrogen and oxygen atoms in total. The van der Waals surface area contributed by atoms with E-state index in [0.29, 0.717) is 18.7 Å². The minimum absolute atomic E-state index is 0.109. The first-order valence-corrected chi connectivity index (χ1v) is 8.49. The van der Waals surface area contributed by atoms with Crippen molar-refractivity contribution >= 4 is 23.3 Å². The van der Waals surface area contributed by atoms with Crippen LogP contribution >= 0.6 is 11.6 Å². The van der Waals surface area contributed by atoms with Crippen molar-refractivity contribution in [1.82, 2.24) is 4.90 Å². The van der Waals surface area contributed by atoms with Crippen LogP contribution in [0.3, 0.4) is 0 Å². The number of hydrogen-bond acceptors (Lipinski definition) is 5. The maximum atomic E-state index is 11.2. The first kappa shape index (κ1) is 18.2. The van der Waals surface area contributed by atoms with E-state index in [9.17, 15) is 20.0 Å². The van der Waals surface area contributed by atoms with E-state index in [-0.39, 0.29) is 16.5 Å². The maximum absolute atomic E-state index is 11.2. The Kier molecular flexibility index (Phi) is 5.39. The lowest BCUT2D eigenvalue weighted by Crippen LogP contribution is -2.35. The number of carboxylic acid groups (broad SMARTS) is 1. The number of nitro benzene ring substituents is 1. The quantitative estimate of drug-likeness (QED) is 0.603. The number of rotatable bonds is 6. The van der Waals surface area contributed by atoms with Crippen LogP contribution < -0.4 is 4.74 Å². The van der Waals surface area contributed by atoms with Crippen molar-refractivity contribution < 1.29 is 19.6 Å². The number of carbonyl (C=O) groups is 1. The van der Waals surface area contributed by atoms with Gasteiger partial charge in [0.1, 0.15) is 11.8 Å². The van der Waals surface area contributed by atoms with Gasteiger partial charge in [-0.15, -0.1) is 0 Å². The second-order valence-electron chi connectivity index (χ2n) is 6.08. The van der Waals surface area contributed by atoms with Crippen LogP contribution in [0.4, 0.5) is 5.69 Å². The molecule has 0 aliphatic carbocycles. The third kappa shape index (κ3) is 4.12. The fourth-order valence-electron chi connectivity index (χ4n) is 3.04. The lowest BCUT2D eigenvalue weighted by Gasteiger charge is -2.21. The second kappa shape index (κ2) is 7.72. The first-order chi connectivity index (χ1) is 12.4. The maximum Gasteiger partial charge on any atom is 0.320 e. The van der Waals surface area contributed by atoms with E-state index in [1.165, 1.54) is 18.2 Å². The molecule has 0 unspecified atom stereocenters. The van der Waals surface area contributed by atoms with Gasteiger partial charge in [-0.05, 0) is 49.2 Å². The van der Waals surface area contributed by atoms with E-state index < -0.39 is 16.9 Å². The van der Waals surface area contributed by atoms with Crippen molar-refractivity contribution in [2.75, 3.05) is 6.54 Å². The number of carboxylic acids is 1. The highest BCUT2D eigenvalue weighted by Crippen LogP contribution is 2.33. The van der Waals surface area contributed by atoms with Gasteiger partial charge < -0.3 is 9.84 Å². The average molecular weight is 377 g/mol. The molecule has 0 bridgehead atoms. The molecule has 0 aromatic heterocycles. The highest BCUT2D eigenvalue weighted by Gasteiger charge is 2.30. The number of likely N-dealkylation sites (tertiary alicyclic amines) is 1. The van der Waals surface area contributed by atoms with Gasteiger partial charge in [0.05, 0.1) is 4.92 Å². The Morgan fingerprint density at radius 3 is 2.69 bits per heavy atom. The van der Waals surface area contributed by atoms with Gasteiger partial charge in [-0.2, -0.15) is 0 Å². The zero-order valence-corrected chi connectivity index (χ0v) is 14.6. The molecule has 2 aromatic carbocycles. The second-order valence-corrected chi connectivity index (χ2v) is 6.52. The van der Waals surface area contributed by atoms with Crippen molar-refractivity contribution in [1.29, 1.82) is 0 Å². The van der Waals surface area contributed by atoms with E-state index in [4.69, 9.17) is 16.3 Å². The molecule has 0 radical (unpaired) electrons. The normalized spacial score (nSPS) is 17.2. The highest BCUT2D eigenvalue weighted by molar-refractivity contribution is 6.30. The minimum atomic E-state index is -0.794. The van der Waals surface area contributed by atoms with E-state index in [1.807, 2.05) is 17.0 Å². The van der Waals surface area contributed by atoms with Crippen molar-refractivity contribution in [3.63, 3.8) is 0 Å². The Hall–Kier alpha value is -2.64. The van der Waals surface area contributed by atoms with Crippen LogP contribution in [0.25, 0.3) is 0 Å². The van der Waals surface area contributed by atoms with Crippen molar-refractivity contribution in [2.45, 2.75) is 25.4 Å². The van der Waals surface area contributed by atoms with E-state index in [0.717, 1.165) is 18.5 Å². The Morgan fingerprint density at radius 2 is 2.04 bits per heavy atom. The summed E-state index contributed by atoms with van der Waals surface area (Å²) in [6.07, 6.45) is 1.54. The van der Waals surface area contributed by atoms with E-state index in [1.54, 1.807) is 12.1 Å². The van der Waals surface area contributed by atoms with Crippen LogP contribution in [-0.4, -0.2) is 33.5 Å². The van der Waals surface area contributed by atoms with Crippen molar-refractivity contribution in [3.8, 4) is 11.5 Å². The molecular formula is C18H17ClN2O5. The van der Waals surface area contributed by atoms with Gasteiger partial charge in [-0.25, -0.2) is 0 Å². The third-order valence-electron chi connectivity index (χ3n) is 4.30. The fourth-order valence-corrected chi connectivity index (χ4v) is 3.21. The summed E-state index contributed by atoms with van der Waals surface area (Å²) in [6.45, 7) is 1.30. The Balaban J connectivity index is 1.71. The molecule has 8 heteroatoms. The van der Waals surface area contributed by atoms with Crippen LogP contribution in [0.2, 0.25) is 5.02 Å². The summed E-state index contributed by atoms with van der Waals surface area (Å²) in [7, 11) is 0. The summed E-state index contributed by atoms with van der Waals surface area (Å²) in [5.41, 5.74) is 0.749. The number of hydrogen-bond donors (Lipinski definition) is 1. The molecule has 1 N–H and O–H groups in total. The van der Waals surface area contributed by atoms with E-state index >= 15 is 0 Å². The summed E-state index contributed by atoms with van der Waals surface area (Å²) >= 11 is 5.79. The smallest absolute Gasteiger partial charge is 0.320 e. The predicted octanol–water partition coefficient (Wildman–Crippen LogP) is 4.09. The van der Waals surface area contributed by atoms with Gasteiger partial charge in [0.15, 0.2) is 0 Å². The van der Waals surface area contributed by atoms with Crippen LogP contribution in [0.5, 0.6) is 11.5 Å². The third-order valence-corrected chi connectivity index (χ3v) is 4.54. The Labute approximate surface area is 154 Å². The van der Waals surface area contributed by atoms with Crippen molar-refractivity contribution in [2.24, 2.45) is 0 Å². The summed E-state index contributed by atoms with van der Waals surface area (Å²) in [4.78, 5) is 23.7. The van der Waals surface area contributed by atoms with Gasteiger partial charge in [0, 0.05) is 17.6 Å². The number of ether oxygens (including phenoxy) is 1. The molecule has 1 aliphatic rings. The molecule has 1 atom stereocenters. The zero-order valence-electron chi connectivity index (χ0n) is 13.8. The largest absolute Gasteiger partial charge is 0.480 e. The number of benzene rings is 2. The van der Waals surface area contributed by atoms with Gasteiger partial charge in [0.2, 0.25) is 5.75 Å². The fraction of sp³-hybridized carbons (Fsp3) is 0.278. The molecule has 1 saturated heterocycles. The van der Waals surface area contributed by atoms with Crippen LogP contribution in [0, 0.1) is 10.1 Å². The summed E-state index contributed by atoms with van der Waals surface area (Å²) in [5.74, 6) is -0.231. The number of nitrogens with zero attached hydrogens (tertiary/aromatic N) is 2.